The molecule has 0 spiro atoms. The molecule has 1 aliphatic heterocycles. The standard InChI is InChI=1S/C25H31N5O3/c1-3-22-25(29(18-31)16-19-6-9-21(33-2)10-7-19)30-17-20(8-11-23(30)27-22)24(32)26-12-15-28-13-4-5-14-28/h6-11,17-18H,3-5,12-16H2,1-2H3,(H,26,32). The molecule has 2 aromatic heterocycles. The van der Waals surface area contributed by atoms with Gasteiger partial charge in [0.15, 0.2) is 0 Å². The van der Waals surface area contributed by atoms with E-state index in [0.29, 0.717) is 36.5 Å². The molecule has 8 nitrogen and oxygen atoms in total. The lowest BCUT2D eigenvalue weighted by molar-refractivity contribution is -0.107. The number of aromatic nitrogens is 2. The number of nitrogens with one attached hydrogen (secondary N) is 1. The molecule has 0 bridgehead atoms. The summed E-state index contributed by atoms with van der Waals surface area (Å²) in [4.78, 5) is 33.6. The zero-order chi connectivity index (χ0) is 23.2. The van der Waals surface area contributed by atoms with E-state index >= 15 is 0 Å². The fraction of sp³-hybridized carbons (Fsp3) is 0.400. The smallest absolute Gasteiger partial charge is 0.252 e. The third-order valence-corrected chi connectivity index (χ3v) is 6.08. The van der Waals surface area contributed by atoms with Crippen molar-refractivity contribution in [2.75, 3.05) is 38.2 Å². The molecule has 2 amide bonds. The number of pyridine rings is 1. The van der Waals surface area contributed by atoms with E-state index in [0.717, 1.165) is 43.1 Å². The van der Waals surface area contributed by atoms with Crippen molar-refractivity contribution in [2.45, 2.75) is 32.7 Å². The number of nitrogens with zero attached hydrogens (tertiary/aromatic N) is 4. The number of rotatable bonds is 10. The van der Waals surface area contributed by atoms with E-state index in [9.17, 15) is 9.59 Å². The highest BCUT2D eigenvalue weighted by atomic mass is 16.5. The fourth-order valence-corrected chi connectivity index (χ4v) is 4.28. The number of aryl methyl sites for hydroxylation is 1. The number of methoxy groups -OCH3 is 1. The number of carbonyl (C=O) groups is 2. The van der Waals surface area contributed by atoms with Gasteiger partial charge in [-0.3, -0.25) is 18.9 Å². The maximum Gasteiger partial charge on any atom is 0.252 e. The molecular weight excluding hydrogens is 418 g/mol. The summed E-state index contributed by atoms with van der Waals surface area (Å²) in [5.74, 6) is 1.33. The minimum atomic E-state index is -0.124. The van der Waals surface area contributed by atoms with Crippen molar-refractivity contribution in [3.63, 3.8) is 0 Å². The Hall–Kier alpha value is -3.39. The first-order valence-corrected chi connectivity index (χ1v) is 11.5. The molecule has 0 saturated carbocycles. The molecule has 3 aromatic rings. The van der Waals surface area contributed by atoms with Crippen molar-refractivity contribution in [1.29, 1.82) is 0 Å². The molecule has 1 saturated heterocycles. The van der Waals surface area contributed by atoms with Crippen LogP contribution in [-0.2, 0) is 17.8 Å². The number of hydrogen-bond acceptors (Lipinski definition) is 5. The topological polar surface area (TPSA) is 79.2 Å². The predicted octanol–water partition coefficient (Wildman–Crippen LogP) is 2.89. The van der Waals surface area contributed by atoms with Crippen molar-refractivity contribution in [2.24, 2.45) is 0 Å². The van der Waals surface area contributed by atoms with E-state index in [4.69, 9.17) is 4.74 Å². The van der Waals surface area contributed by atoms with E-state index < -0.39 is 0 Å². The Morgan fingerprint density at radius 1 is 1.18 bits per heavy atom. The molecule has 1 N–H and O–H groups in total. The normalized spacial score (nSPS) is 13.9. The number of imidazole rings is 1. The molecular formula is C25H31N5O3. The SMILES string of the molecule is CCc1nc2ccc(C(=O)NCCN3CCCC3)cn2c1N(C=O)Cc1ccc(OC)cc1. The lowest BCUT2D eigenvalue weighted by atomic mass is 10.2. The van der Waals surface area contributed by atoms with Crippen molar-refractivity contribution < 1.29 is 14.3 Å². The second-order valence-corrected chi connectivity index (χ2v) is 8.27. The molecule has 174 valence electrons. The summed E-state index contributed by atoms with van der Waals surface area (Å²) in [7, 11) is 1.62. The van der Waals surface area contributed by atoms with Crippen LogP contribution in [0.5, 0.6) is 5.75 Å². The molecule has 3 heterocycles. The van der Waals surface area contributed by atoms with Gasteiger partial charge in [0.25, 0.3) is 5.91 Å². The lowest BCUT2D eigenvalue weighted by Gasteiger charge is -2.19. The first kappa shape index (κ1) is 22.8. The molecule has 8 heteroatoms. The van der Waals surface area contributed by atoms with Gasteiger partial charge >= 0.3 is 0 Å². The number of hydrogen-bond donors (Lipinski definition) is 1. The number of ether oxygens (including phenoxy) is 1. The van der Waals surface area contributed by atoms with Gasteiger partial charge in [-0.05, 0) is 62.2 Å². The van der Waals surface area contributed by atoms with Gasteiger partial charge in [-0.15, -0.1) is 0 Å². The van der Waals surface area contributed by atoms with Crippen LogP contribution in [-0.4, -0.2) is 59.9 Å². The zero-order valence-electron chi connectivity index (χ0n) is 19.3. The Labute approximate surface area is 194 Å². The van der Waals surface area contributed by atoms with Gasteiger partial charge in [-0.1, -0.05) is 19.1 Å². The van der Waals surface area contributed by atoms with E-state index in [-0.39, 0.29) is 5.91 Å². The van der Waals surface area contributed by atoms with E-state index in [2.05, 4.69) is 15.2 Å². The van der Waals surface area contributed by atoms with Gasteiger partial charge in [0.2, 0.25) is 6.41 Å². The van der Waals surface area contributed by atoms with E-state index in [1.165, 1.54) is 12.8 Å². The number of anilines is 1. The molecule has 1 aliphatic rings. The van der Waals surface area contributed by atoms with Gasteiger partial charge in [-0.25, -0.2) is 4.98 Å². The summed E-state index contributed by atoms with van der Waals surface area (Å²) in [5.41, 5.74) is 3.02. The molecule has 33 heavy (non-hydrogen) atoms. The van der Waals surface area contributed by atoms with Crippen LogP contribution in [0.1, 0.15) is 41.4 Å². The van der Waals surface area contributed by atoms with Gasteiger partial charge in [0.1, 0.15) is 17.2 Å². The summed E-state index contributed by atoms with van der Waals surface area (Å²) in [5, 5.41) is 3.02. The molecule has 0 unspecified atom stereocenters. The third kappa shape index (κ3) is 5.17. The van der Waals surface area contributed by atoms with Crippen molar-refractivity contribution in [3.8, 4) is 5.75 Å². The van der Waals surface area contributed by atoms with Crippen LogP contribution in [0.15, 0.2) is 42.6 Å². The van der Waals surface area contributed by atoms with Crippen molar-refractivity contribution in [1.82, 2.24) is 19.6 Å². The molecule has 1 aromatic carbocycles. The number of fused-ring (bicyclic) bond motifs is 1. The maximum atomic E-state index is 12.8. The Morgan fingerprint density at radius 2 is 1.94 bits per heavy atom. The summed E-state index contributed by atoms with van der Waals surface area (Å²) >= 11 is 0. The summed E-state index contributed by atoms with van der Waals surface area (Å²) in [6.07, 6.45) is 5.72. The van der Waals surface area contributed by atoms with Crippen LogP contribution in [0.25, 0.3) is 5.65 Å². The summed E-state index contributed by atoms with van der Waals surface area (Å²) < 4.78 is 7.06. The highest BCUT2D eigenvalue weighted by Crippen LogP contribution is 2.25. The maximum absolute atomic E-state index is 12.8. The van der Waals surface area contributed by atoms with E-state index in [1.807, 2.05) is 41.7 Å². The largest absolute Gasteiger partial charge is 0.497 e. The number of carbonyl (C=O) groups excluding carboxylic acids is 2. The Morgan fingerprint density at radius 3 is 2.61 bits per heavy atom. The van der Waals surface area contributed by atoms with Gasteiger partial charge < -0.3 is 15.0 Å². The molecule has 0 radical (unpaired) electrons. The fourth-order valence-electron chi connectivity index (χ4n) is 4.28. The monoisotopic (exact) mass is 449 g/mol. The first-order chi connectivity index (χ1) is 16.1. The molecule has 0 aliphatic carbocycles. The quantitative estimate of drug-likeness (QED) is 0.482. The lowest BCUT2D eigenvalue weighted by Crippen LogP contribution is -2.33. The highest BCUT2D eigenvalue weighted by Gasteiger charge is 2.19. The van der Waals surface area contributed by atoms with Crippen LogP contribution < -0.4 is 15.0 Å². The van der Waals surface area contributed by atoms with Gasteiger partial charge in [0, 0.05) is 19.3 Å². The summed E-state index contributed by atoms with van der Waals surface area (Å²) in [6, 6.07) is 11.2. The minimum Gasteiger partial charge on any atom is -0.497 e. The highest BCUT2D eigenvalue weighted by molar-refractivity contribution is 5.94. The van der Waals surface area contributed by atoms with Crippen LogP contribution in [0.3, 0.4) is 0 Å². The second-order valence-electron chi connectivity index (χ2n) is 8.27. The first-order valence-electron chi connectivity index (χ1n) is 11.5. The third-order valence-electron chi connectivity index (χ3n) is 6.08. The summed E-state index contributed by atoms with van der Waals surface area (Å²) in [6.45, 7) is 6.09. The average Bonchev–Trinajstić information content (AvgIpc) is 3.50. The number of likely N-dealkylation sites (tertiary alicyclic amines) is 1. The zero-order valence-corrected chi connectivity index (χ0v) is 19.3. The Kier molecular flexibility index (Phi) is 7.24. The number of benzene rings is 1. The van der Waals surface area contributed by atoms with Crippen LogP contribution in [0, 0.1) is 0 Å². The Balaban J connectivity index is 1.56. The average molecular weight is 450 g/mol. The minimum absolute atomic E-state index is 0.124. The molecule has 1 fully saturated rings. The second kappa shape index (κ2) is 10.5. The van der Waals surface area contributed by atoms with Gasteiger partial charge in [0.05, 0.1) is 24.9 Å². The number of amides is 2. The van der Waals surface area contributed by atoms with Crippen molar-refractivity contribution in [3.05, 3.63) is 59.4 Å². The van der Waals surface area contributed by atoms with Crippen LogP contribution in [0.2, 0.25) is 0 Å². The van der Waals surface area contributed by atoms with Gasteiger partial charge in [-0.2, -0.15) is 0 Å². The van der Waals surface area contributed by atoms with Crippen molar-refractivity contribution >= 4 is 23.8 Å². The molecule has 0 atom stereocenters. The Bertz CT molecular complexity index is 1100. The predicted molar refractivity (Wildman–Crippen MR) is 128 cm³/mol. The molecule has 4 rings (SSSR count). The van der Waals surface area contributed by atoms with Crippen LogP contribution >= 0.6 is 0 Å². The van der Waals surface area contributed by atoms with E-state index in [1.54, 1.807) is 24.3 Å². The van der Waals surface area contributed by atoms with Crippen LogP contribution in [0.4, 0.5) is 5.82 Å².